The molecule has 190 valence electrons. The minimum absolute atomic E-state index is 0.0641. The number of likely N-dealkylation sites (N-methyl/N-ethyl adjacent to an activating group) is 1. The zero-order chi connectivity index (χ0) is 26.0. The first-order chi connectivity index (χ1) is 17.1. The maximum absolute atomic E-state index is 13.2. The van der Waals surface area contributed by atoms with Crippen molar-refractivity contribution in [2.45, 2.75) is 26.4 Å². The lowest BCUT2D eigenvalue weighted by molar-refractivity contribution is -0.118. The van der Waals surface area contributed by atoms with Crippen LogP contribution >= 0.6 is 23.2 Å². The molecule has 3 aromatic rings. The quantitative estimate of drug-likeness (QED) is 0.544. The van der Waals surface area contributed by atoms with Gasteiger partial charge in [0.2, 0.25) is 5.91 Å². The van der Waals surface area contributed by atoms with Crippen LogP contribution in [0.4, 0.5) is 16.2 Å². The summed E-state index contributed by atoms with van der Waals surface area (Å²) < 4.78 is 1.30. The van der Waals surface area contributed by atoms with Crippen molar-refractivity contribution >= 4 is 57.4 Å². The number of urea groups is 1. The molecular formula is C25H28Cl2N6O3. The summed E-state index contributed by atoms with van der Waals surface area (Å²) in [5.41, 5.74) is 1.70. The Morgan fingerprint density at radius 1 is 1.06 bits per heavy atom. The van der Waals surface area contributed by atoms with Gasteiger partial charge >= 0.3 is 6.03 Å². The van der Waals surface area contributed by atoms with Crippen LogP contribution in [-0.2, 0) is 11.3 Å². The van der Waals surface area contributed by atoms with Gasteiger partial charge in [0.1, 0.15) is 6.54 Å². The molecule has 1 N–H and O–H groups in total. The first-order valence-corrected chi connectivity index (χ1v) is 12.4. The third kappa shape index (κ3) is 5.57. The number of benzene rings is 2. The molecule has 3 amide bonds. The second kappa shape index (κ2) is 10.8. The number of halogens is 2. The van der Waals surface area contributed by atoms with Gasteiger partial charge in [-0.25, -0.2) is 9.78 Å². The zero-order valence-electron chi connectivity index (χ0n) is 20.4. The van der Waals surface area contributed by atoms with Gasteiger partial charge in [-0.05, 0) is 50.2 Å². The molecule has 0 atom stereocenters. The fraction of sp³-hybridized carbons (Fsp3) is 0.360. The standard InChI is InChI=1S/C25H28Cl2N6O3/c1-16(2)29-25(36)32-10-8-31(9-11-32)18-5-7-22-19(12-18)24(35)33(15-28-22)14-23(34)30(3)17-4-6-20(26)21(27)13-17/h4-7,12-13,15-16H,8-11,14H2,1-3H3,(H,29,36). The molecule has 0 radical (unpaired) electrons. The van der Waals surface area contributed by atoms with Gasteiger partial charge in [0.05, 0.1) is 27.3 Å². The van der Waals surface area contributed by atoms with E-state index in [4.69, 9.17) is 23.2 Å². The number of anilines is 2. The van der Waals surface area contributed by atoms with Crippen LogP contribution in [0.5, 0.6) is 0 Å². The van der Waals surface area contributed by atoms with Crippen molar-refractivity contribution in [2.75, 3.05) is 43.0 Å². The smallest absolute Gasteiger partial charge is 0.317 e. The highest BCUT2D eigenvalue weighted by Gasteiger charge is 2.22. The van der Waals surface area contributed by atoms with E-state index >= 15 is 0 Å². The van der Waals surface area contributed by atoms with E-state index in [9.17, 15) is 14.4 Å². The number of fused-ring (bicyclic) bond motifs is 1. The lowest BCUT2D eigenvalue weighted by Gasteiger charge is -2.36. The first kappa shape index (κ1) is 25.8. The second-order valence-corrected chi connectivity index (χ2v) is 9.82. The monoisotopic (exact) mass is 530 g/mol. The van der Waals surface area contributed by atoms with Crippen LogP contribution in [0.25, 0.3) is 10.9 Å². The Balaban J connectivity index is 1.50. The van der Waals surface area contributed by atoms with Gasteiger partial charge in [0, 0.05) is 50.6 Å². The molecule has 0 saturated carbocycles. The van der Waals surface area contributed by atoms with Crippen molar-refractivity contribution in [3.8, 4) is 0 Å². The predicted molar refractivity (Wildman–Crippen MR) is 143 cm³/mol. The van der Waals surface area contributed by atoms with E-state index in [1.165, 1.54) is 15.8 Å². The molecule has 0 unspecified atom stereocenters. The topological polar surface area (TPSA) is 90.8 Å². The molecule has 11 heteroatoms. The Bertz CT molecular complexity index is 1350. The summed E-state index contributed by atoms with van der Waals surface area (Å²) in [4.78, 5) is 48.1. The normalized spacial score (nSPS) is 13.8. The summed E-state index contributed by atoms with van der Waals surface area (Å²) in [7, 11) is 1.61. The average molecular weight is 531 g/mol. The Morgan fingerprint density at radius 2 is 1.78 bits per heavy atom. The molecule has 1 aliphatic heterocycles. The Morgan fingerprint density at radius 3 is 2.44 bits per heavy atom. The SMILES string of the molecule is CC(C)NC(=O)N1CCN(c2ccc3ncn(CC(=O)N(C)c4ccc(Cl)c(Cl)c4)c(=O)c3c2)CC1. The summed E-state index contributed by atoms with van der Waals surface area (Å²) in [6.07, 6.45) is 1.39. The van der Waals surface area contributed by atoms with Crippen LogP contribution in [0.3, 0.4) is 0 Å². The Labute approximate surface area is 219 Å². The van der Waals surface area contributed by atoms with Gasteiger partial charge in [-0.1, -0.05) is 23.2 Å². The zero-order valence-corrected chi connectivity index (χ0v) is 21.9. The summed E-state index contributed by atoms with van der Waals surface area (Å²) in [6, 6.07) is 10.5. The van der Waals surface area contributed by atoms with Crippen molar-refractivity contribution in [1.29, 1.82) is 0 Å². The van der Waals surface area contributed by atoms with E-state index in [0.717, 1.165) is 5.69 Å². The minimum Gasteiger partial charge on any atom is -0.368 e. The minimum atomic E-state index is -0.302. The maximum Gasteiger partial charge on any atom is 0.317 e. The van der Waals surface area contributed by atoms with Crippen molar-refractivity contribution in [1.82, 2.24) is 19.8 Å². The van der Waals surface area contributed by atoms with Gasteiger partial charge < -0.3 is 20.0 Å². The van der Waals surface area contributed by atoms with Crippen molar-refractivity contribution in [2.24, 2.45) is 0 Å². The van der Waals surface area contributed by atoms with Crippen molar-refractivity contribution in [3.05, 3.63) is 63.1 Å². The lowest BCUT2D eigenvalue weighted by Crippen LogP contribution is -2.52. The number of rotatable bonds is 5. The summed E-state index contributed by atoms with van der Waals surface area (Å²) in [6.45, 7) is 6.17. The van der Waals surface area contributed by atoms with E-state index in [0.29, 0.717) is 52.8 Å². The van der Waals surface area contributed by atoms with Crippen LogP contribution in [0.15, 0.2) is 47.5 Å². The molecule has 36 heavy (non-hydrogen) atoms. The van der Waals surface area contributed by atoms with Gasteiger partial charge in [0.25, 0.3) is 5.56 Å². The molecule has 0 spiro atoms. The van der Waals surface area contributed by atoms with E-state index < -0.39 is 0 Å². The number of piperazine rings is 1. The summed E-state index contributed by atoms with van der Waals surface area (Å²) >= 11 is 12.0. The highest BCUT2D eigenvalue weighted by atomic mass is 35.5. The Hall–Kier alpha value is -3.30. The fourth-order valence-electron chi connectivity index (χ4n) is 4.05. The van der Waals surface area contributed by atoms with Crippen molar-refractivity contribution < 1.29 is 9.59 Å². The van der Waals surface area contributed by atoms with Gasteiger partial charge in [-0.15, -0.1) is 0 Å². The third-order valence-electron chi connectivity index (χ3n) is 6.12. The number of carbonyl (C=O) groups excluding carboxylic acids is 2. The van der Waals surface area contributed by atoms with Crippen molar-refractivity contribution in [3.63, 3.8) is 0 Å². The van der Waals surface area contributed by atoms with E-state index in [-0.39, 0.29) is 30.1 Å². The number of carbonyl (C=O) groups is 2. The largest absolute Gasteiger partial charge is 0.368 e. The third-order valence-corrected chi connectivity index (χ3v) is 6.86. The molecule has 9 nitrogen and oxygen atoms in total. The highest BCUT2D eigenvalue weighted by molar-refractivity contribution is 6.42. The number of hydrogen-bond donors (Lipinski definition) is 1. The molecule has 0 aliphatic carbocycles. The van der Waals surface area contributed by atoms with Crippen LogP contribution in [0.2, 0.25) is 10.0 Å². The number of aromatic nitrogens is 2. The highest BCUT2D eigenvalue weighted by Crippen LogP contribution is 2.27. The Kier molecular flexibility index (Phi) is 7.70. The molecule has 0 bridgehead atoms. The molecule has 2 aromatic carbocycles. The molecule has 1 saturated heterocycles. The van der Waals surface area contributed by atoms with Gasteiger partial charge in [-0.3, -0.25) is 14.2 Å². The fourth-order valence-corrected chi connectivity index (χ4v) is 4.34. The molecule has 2 heterocycles. The van der Waals surface area contributed by atoms with E-state index in [2.05, 4.69) is 15.2 Å². The number of amides is 3. The van der Waals surface area contributed by atoms with Gasteiger partial charge in [-0.2, -0.15) is 0 Å². The number of hydrogen-bond acceptors (Lipinski definition) is 5. The second-order valence-electron chi connectivity index (χ2n) is 9.01. The maximum atomic E-state index is 13.2. The summed E-state index contributed by atoms with van der Waals surface area (Å²) in [5.74, 6) is -0.302. The van der Waals surface area contributed by atoms with Crippen LogP contribution < -0.4 is 20.7 Å². The number of nitrogens with one attached hydrogen (secondary N) is 1. The molecular weight excluding hydrogens is 503 g/mol. The summed E-state index contributed by atoms with van der Waals surface area (Å²) in [5, 5.41) is 4.08. The van der Waals surface area contributed by atoms with Crippen LogP contribution in [0.1, 0.15) is 13.8 Å². The van der Waals surface area contributed by atoms with E-state index in [1.54, 1.807) is 42.3 Å². The average Bonchev–Trinajstić information content (AvgIpc) is 2.86. The van der Waals surface area contributed by atoms with Crippen LogP contribution in [-0.4, -0.2) is 65.7 Å². The molecule has 1 aliphatic rings. The van der Waals surface area contributed by atoms with Crippen LogP contribution in [0, 0.1) is 0 Å². The predicted octanol–water partition coefficient (Wildman–Crippen LogP) is 3.61. The lowest BCUT2D eigenvalue weighted by atomic mass is 10.2. The molecule has 1 aromatic heterocycles. The number of nitrogens with zero attached hydrogens (tertiary/aromatic N) is 5. The molecule has 1 fully saturated rings. The molecule has 4 rings (SSSR count). The van der Waals surface area contributed by atoms with E-state index in [1.807, 2.05) is 19.9 Å². The first-order valence-electron chi connectivity index (χ1n) is 11.6. The van der Waals surface area contributed by atoms with Gasteiger partial charge in [0.15, 0.2) is 0 Å².